The third-order valence-electron chi connectivity index (χ3n) is 3.52. The lowest BCUT2D eigenvalue weighted by Crippen LogP contribution is -2.39. The number of rotatable bonds is 5. The average molecular weight is 361 g/mol. The van der Waals surface area contributed by atoms with Crippen molar-refractivity contribution in [2.45, 2.75) is 18.9 Å². The molecule has 0 spiro atoms. The number of carbonyl (C=O) groups is 1. The number of hydrazone groups is 1. The summed E-state index contributed by atoms with van der Waals surface area (Å²) in [6, 6.07) is 7.72. The molecule has 1 amide bonds. The first-order valence-electron chi connectivity index (χ1n) is 7.47. The first kappa shape index (κ1) is 18.7. The first-order valence-corrected chi connectivity index (χ1v) is 8.46. The molecule has 25 heavy (non-hydrogen) atoms. The van der Waals surface area contributed by atoms with Crippen LogP contribution in [0, 0.1) is 6.92 Å². The van der Waals surface area contributed by atoms with E-state index >= 15 is 0 Å². The molecule has 1 aromatic carbocycles. The van der Waals surface area contributed by atoms with Crippen molar-refractivity contribution in [1.82, 2.24) is 19.8 Å². The highest BCUT2D eigenvalue weighted by Crippen LogP contribution is 2.09. The third kappa shape index (κ3) is 4.44. The molecule has 132 valence electrons. The zero-order valence-electron chi connectivity index (χ0n) is 14.4. The van der Waals surface area contributed by atoms with E-state index in [1.165, 1.54) is 14.1 Å². The molecule has 0 aliphatic carbocycles. The molecule has 1 heterocycles. The van der Waals surface area contributed by atoms with Crippen molar-refractivity contribution in [1.29, 1.82) is 0 Å². The molecular weight excluding hydrogens is 342 g/mol. The van der Waals surface area contributed by atoms with Gasteiger partial charge in [-0.1, -0.05) is 36.0 Å². The minimum absolute atomic E-state index is 0.0367. The third-order valence-corrected chi connectivity index (χ3v) is 4.45. The Labute approximate surface area is 148 Å². The van der Waals surface area contributed by atoms with Crippen molar-refractivity contribution in [3.8, 4) is 0 Å². The molecule has 0 aliphatic heterocycles. The fourth-order valence-corrected chi connectivity index (χ4v) is 2.88. The van der Waals surface area contributed by atoms with E-state index in [4.69, 9.17) is 0 Å². The summed E-state index contributed by atoms with van der Waals surface area (Å²) >= 11 is 0.957. The quantitative estimate of drug-likeness (QED) is 0.473. The van der Waals surface area contributed by atoms with Crippen molar-refractivity contribution in [2.24, 2.45) is 19.2 Å². The number of nitrogens with one attached hydrogen (secondary N) is 1. The molecule has 0 fully saturated rings. The Morgan fingerprint density at radius 3 is 2.64 bits per heavy atom. The number of nitrogens with zero attached hydrogens (tertiary/aromatic N) is 4. The van der Waals surface area contributed by atoms with Gasteiger partial charge in [0.2, 0.25) is 5.91 Å². The second-order valence-corrected chi connectivity index (χ2v) is 6.38. The lowest BCUT2D eigenvalue weighted by molar-refractivity contribution is -0.118. The summed E-state index contributed by atoms with van der Waals surface area (Å²) in [5, 5.41) is 8.04. The van der Waals surface area contributed by atoms with Crippen molar-refractivity contribution < 1.29 is 4.79 Å². The Balaban J connectivity index is 2.03. The van der Waals surface area contributed by atoms with E-state index < -0.39 is 11.2 Å². The molecule has 0 saturated carbocycles. The van der Waals surface area contributed by atoms with Gasteiger partial charge in [0, 0.05) is 19.7 Å². The number of hydrogen-bond acceptors (Lipinski definition) is 6. The van der Waals surface area contributed by atoms with E-state index in [9.17, 15) is 14.4 Å². The molecule has 2 aromatic rings. The lowest BCUT2D eigenvalue weighted by atomic mass is 10.1. The number of thioether (sulfide) groups is 1. The Morgan fingerprint density at radius 1 is 1.28 bits per heavy atom. The average Bonchev–Trinajstić information content (AvgIpc) is 2.60. The fraction of sp³-hybridized carbons (Fsp3) is 0.312. The molecule has 0 bridgehead atoms. The van der Waals surface area contributed by atoms with E-state index in [-0.39, 0.29) is 16.7 Å². The SMILES string of the molecule is C/C(=N/NC(=O)CSc1nn(C)c(=O)n(C)c1=O)c1ccccc1C. The first-order chi connectivity index (χ1) is 11.8. The highest BCUT2D eigenvalue weighted by Gasteiger charge is 2.11. The van der Waals surface area contributed by atoms with Gasteiger partial charge in [-0.2, -0.15) is 10.2 Å². The molecule has 2 rings (SSSR count). The second kappa shape index (κ2) is 7.93. The molecule has 1 N–H and O–H groups in total. The van der Waals surface area contributed by atoms with Gasteiger partial charge in [-0.15, -0.1) is 0 Å². The normalized spacial score (nSPS) is 11.4. The van der Waals surface area contributed by atoms with Gasteiger partial charge < -0.3 is 0 Å². The van der Waals surface area contributed by atoms with E-state index in [0.29, 0.717) is 5.71 Å². The Morgan fingerprint density at radius 2 is 1.96 bits per heavy atom. The molecule has 9 heteroatoms. The van der Waals surface area contributed by atoms with Gasteiger partial charge in [-0.3, -0.25) is 14.2 Å². The van der Waals surface area contributed by atoms with Gasteiger partial charge >= 0.3 is 5.69 Å². The number of carbonyl (C=O) groups excluding carboxylic acids is 1. The van der Waals surface area contributed by atoms with Crippen molar-refractivity contribution >= 4 is 23.4 Å². The van der Waals surface area contributed by atoms with Crippen LogP contribution < -0.4 is 16.7 Å². The van der Waals surface area contributed by atoms with Gasteiger partial charge in [0.15, 0.2) is 5.03 Å². The van der Waals surface area contributed by atoms with E-state index in [2.05, 4.69) is 15.6 Å². The Hall–Kier alpha value is -2.68. The molecule has 0 unspecified atom stereocenters. The van der Waals surface area contributed by atoms with Crippen LogP contribution in [-0.4, -0.2) is 31.7 Å². The maximum atomic E-state index is 11.9. The standard InChI is InChI=1S/C16H19N5O3S/c1-10-7-5-6-8-12(10)11(2)17-18-13(22)9-25-14-15(23)20(3)16(24)21(4)19-14/h5-8H,9H2,1-4H3,(H,18,22)/b17-11-. The number of aryl methyl sites for hydroxylation is 2. The van der Waals surface area contributed by atoms with Gasteiger partial charge in [0.05, 0.1) is 11.5 Å². The molecular formula is C16H19N5O3S. The van der Waals surface area contributed by atoms with Crippen LogP contribution in [0.2, 0.25) is 0 Å². The minimum Gasteiger partial charge on any atom is -0.272 e. The van der Waals surface area contributed by atoms with E-state index in [0.717, 1.165) is 32.1 Å². The fourth-order valence-electron chi connectivity index (χ4n) is 2.11. The molecule has 0 radical (unpaired) electrons. The summed E-state index contributed by atoms with van der Waals surface area (Å²) in [6.45, 7) is 3.77. The van der Waals surface area contributed by atoms with Crippen LogP contribution in [0.1, 0.15) is 18.1 Å². The Kier molecular flexibility index (Phi) is 5.92. The van der Waals surface area contributed by atoms with Crippen LogP contribution in [-0.2, 0) is 18.9 Å². The van der Waals surface area contributed by atoms with Crippen molar-refractivity contribution in [2.75, 3.05) is 5.75 Å². The van der Waals surface area contributed by atoms with Gasteiger partial charge in [-0.05, 0) is 19.4 Å². The summed E-state index contributed by atoms with van der Waals surface area (Å²) in [7, 11) is 2.81. The smallest absolute Gasteiger partial charge is 0.272 e. The number of aromatic nitrogens is 3. The molecule has 0 aliphatic rings. The summed E-state index contributed by atoms with van der Waals surface area (Å²) < 4.78 is 2.01. The number of amides is 1. The number of hydrogen-bond donors (Lipinski definition) is 1. The maximum Gasteiger partial charge on any atom is 0.346 e. The monoisotopic (exact) mass is 361 g/mol. The largest absolute Gasteiger partial charge is 0.346 e. The molecule has 1 aromatic heterocycles. The van der Waals surface area contributed by atoms with E-state index in [1.54, 1.807) is 6.92 Å². The zero-order valence-corrected chi connectivity index (χ0v) is 15.3. The summed E-state index contributed by atoms with van der Waals surface area (Å²) in [4.78, 5) is 35.5. The summed E-state index contributed by atoms with van der Waals surface area (Å²) in [6.07, 6.45) is 0. The molecule has 0 atom stereocenters. The van der Waals surface area contributed by atoms with Crippen LogP contribution >= 0.6 is 11.8 Å². The second-order valence-electron chi connectivity index (χ2n) is 5.41. The topological polar surface area (TPSA) is 98.3 Å². The zero-order chi connectivity index (χ0) is 18.6. The van der Waals surface area contributed by atoms with Gasteiger partial charge in [0.25, 0.3) is 5.56 Å². The highest BCUT2D eigenvalue weighted by atomic mass is 32.2. The predicted molar refractivity (Wildman–Crippen MR) is 97.0 cm³/mol. The summed E-state index contributed by atoms with van der Waals surface area (Å²) in [5.74, 6) is -0.402. The maximum absolute atomic E-state index is 11.9. The van der Waals surface area contributed by atoms with Crippen LogP contribution in [0.5, 0.6) is 0 Å². The van der Waals surface area contributed by atoms with Crippen LogP contribution in [0.3, 0.4) is 0 Å². The van der Waals surface area contributed by atoms with Gasteiger partial charge in [0.1, 0.15) is 0 Å². The van der Waals surface area contributed by atoms with Crippen molar-refractivity contribution in [3.05, 3.63) is 56.2 Å². The van der Waals surface area contributed by atoms with Crippen LogP contribution in [0.15, 0.2) is 44.0 Å². The number of benzene rings is 1. The predicted octanol–water partition coefficient (Wildman–Crippen LogP) is 0.420. The molecule has 0 saturated heterocycles. The van der Waals surface area contributed by atoms with Crippen molar-refractivity contribution in [3.63, 3.8) is 0 Å². The molecule has 8 nitrogen and oxygen atoms in total. The highest BCUT2D eigenvalue weighted by molar-refractivity contribution is 7.99. The minimum atomic E-state index is -0.527. The Bertz CT molecular complexity index is 946. The van der Waals surface area contributed by atoms with Gasteiger partial charge in [-0.25, -0.2) is 14.9 Å². The van der Waals surface area contributed by atoms with Crippen LogP contribution in [0.4, 0.5) is 0 Å². The van der Waals surface area contributed by atoms with E-state index in [1.807, 2.05) is 31.2 Å². The summed E-state index contributed by atoms with van der Waals surface area (Å²) in [5.41, 5.74) is 4.11. The van der Waals surface area contributed by atoms with Crippen LogP contribution in [0.25, 0.3) is 0 Å². The lowest BCUT2D eigenvalue weighted by Gasteiger charge is -2.06.